The van der Waals surface area contributed by atoms with E-state index in [2.05, 4.69) is 51.2 Å². The smallest absolute Gasteiger partial charge is 0.243 e. The number of piperidine rings is 2. The summed E-state index contributed by atoms with van der Waals surface area (Å²) in [5.41, 5.74) is 8.17. The van der Waals surface area contributed by atoms with Crippen molar-refractivity contribution in [3.05, 3.63) is 119 Å². The van der Waals surface area contributed by atoms with Gasteiger partial charge in [-0.05, 0) is 132 Å². The summed E-state index contributed by atoms with van der Waals surface area (Å²) >= 11 is 0. The van der Waals surface area contributed by atoms with E-state index in [9.17, 15) is 29.4 Å². The van der Waals surface area contributed by atoms with Crippen LogP contribution in [0.2, 0.25) is 0 Å². The Labute approximate surface area is 355 Å². The maximum atomic E-state index is 16.0. The fourth-order valence-corrected chi connectivity index (χ4v) is 10.7. The lowest BCUT2D eigenvalue weighted by atomic mass is 9.88. The molecule has 0 radical (unpaired) electrons. The van der Waals surface area contributed by atoms with Crippen molar-refractivity contribution in [2.45, 2.75) is 82.6 Å². The van der Waals surface area contributed by atoms with Crippen molar-refractivity contribution in [1.29, 1.82) is 0 Å². The van der Waals surface area contributed by atoms with Crippen LogP contribution in [0.4, 0.5) is 15.8 Å². The first kappa shape index (κ1) is 40.6. The van der Waals surface area contributed by atoms with Crippen molar-refractivity contribution in [3.63, 3.8) is 0 Å². The van der Waals surface area contributed by atoms with E-state index in [0.29, 0.717) is 35.8 Å². The number of rotatable bonds is 11. The summed E-state index contributed by atoms with van der Waals surface area (Å²) in [6.07, 6.45) is 5.68. The fourth-order valence-electron chi connectivity index (χ4n) is 10.7. The molecule has 5 aliphatic rings. The van der Waals surface area contributed by atoms with Gasteiger partial charge in [-0.2, -0.15) is 0 Å². The van der Waals surface area contributed by atoms with Crippen LogP contribution in [0.1, 0.15) is 85.7 Å². The van der Waals surface area contributed by atoms with Gasteiger partial charge in [0.15, 0.2) is 6.29 Å². The molecule has 4 fully saturated rings. The minimum Gasteiger partial charge on any atom is -0.508 e. The molecule has 0 saturated carbocycles. The number of allylic oxidation sites excluding steroid dienone is 1. The van der Waals surface area contributed by atoms with E-state index >= 15 is 4.39 Å². The lowest BCUT2D eigenvalue weighted by Gasteiger charge is -2.45. The number of aldehydes is 1. The zero-order chi connectivity index (χ0) is 42.4. The van der Waals surface area contributed by atoms with Gasteiger partial charge in [0, 0.05) is 63.5 Å². The number of anilines is 2. The van der Waals surface area contributed by atoms with Crippen molar-refractivity contribution in [2.24, 2.45) is 5.92 Å². The molecule has 11 nitrogen and oxygen atoms in total. The number of phenolic OH excluding ortho intramolecular Hbond substituents is 2. The van der Waals surface area contributed by atoms with Crippen molar-refractivity contribution in [1.82, 2.24) is 15.1 Å². The van der Waals surface area contributed by atoms with Gasteiger partial charge in [0.2, 0.25) is 17.6 Å². The largest absolute Gasteiger partial charge is 0.508 e. The standard InChI is InChI=1S/C49H52FN5O6/c1-2-40(31-5-13-38(57)14-6-31)47(33-7-15-39(58)16-8-33)32-3-9-35(10-4-32)52-21-19-30(20-22-52)25-54-36-11-12-37(54)28-53(27-36)44-24-41-34(23-42(44)50)26-55(48(41)45(59)29-56)43-17-18-46(60)51-49(43)61/h3-10,13-16,23-24,29-30,36-37,43,48,57-58H,2,11-12,17-22,25-28H2,1H3,(H,51,60,61). The summed E-state index contributed by atoms with van der Waals surface area (Å²) in [6, 6.07) is 25.5. The number of benzene rings is 4. The Morgan fingerprint density at radius 1 is 0.803 bits per heavy atom. The Kier molecular flexibility index (Phi) is 11.2. The normalized spacial score (nSPS) is 23.8. The minimum atomic E-state index is -0.997. The van der Waals surface area contributed by atoms with Crippen molar-refractivity contribution >= 4 is 46.4 Å². The maximum Gasteiger partial charge on any atom is 0.243 e. The highest BCUT2D eigenvalue weighted by Crippen LogP contribution is 2.43. The number of phenols is 2. The Morgan fingerprint density at radius 2 is 1.41 bits per heavy atom. The molecule has 0 spiro atoms. The van der Waals surface area contributed by atoms with E-state index in [1.165, 1.54) is 11.8 Å². The monoisotopic (exact) mass is 825 g/mol. The Morgan fingerprint density at radius 3 is 2.00 bits per heavy atom. The topological polar surface area (TPSA) is 134 Å². The number of fused-ring (bicyclic) bond motifs is 3. The van der Waals surface area contributed by atoms with Gasteiger partial charge in [0.25, 0.3) is 0 Å². The zero-order valence-corrected chi connectivity index (χ0v) is 34.4. The second-order valence-electron chi connectivity index (χ2n) is 17.3. The Bertz CT molecular complexity index is 2340. The lowest BCUT2D eigenvalue weighted by molar-refractivity contribution is -0.141. The Balaban J connectivity index is 0.851. The van der Waals surface area contributed by atoms with Crippen LogP contribution in [-0.2, 0) is 25.7 Å². The van der Waals surface area contributed by atoms with E-state index in [0.717, 1.165) is 79.6 Å². The van der Waals surface area contributed by atoms with E-state index in [4.69, 9.17) is 0 Å². The second kappa shape index (κ2) is 16.9. The molecule has 2 bridgehead atoms. The Hall–Kier alpha value is -5.85. The van der Waals surface area contributed by atoms with Crippen LogP contribution in [0.15, 0.2) is 84.9 Å². The number of ketones is 1. The maximum absolute atomic E-state index is 16.0. The van der Waals surface area contributed by atoms with Crippen LogP contribution in [0.3, 0.4) is 0 Å². The van der Waals surface area contributed by atoms with Crippen LogP contribution < -0.4 is 15.1 Å². The molecular weight excluding hydrogens is 774 g/mol. The van der Waals surface area contributed by atoms with Crippen LogP contribution in [0.25, 0.3) is 11.1 Å². The van der Waals surface area contributed by atoms with Gasteiger partial charge >= 0.3 is 0 Å². The minimum absolute atomic E-state index is 0.137. The molecule has 4 saturated heterocycles. The third-order valence-corrected chi connectivity index (χ3v) is 13.8. The van der Waals surface area contributed by atoms with Gasteiger partial charge in [-0.25, -0.2) is 4.39 Å². The number of halogens is 1. The number of carbonyl (C=O) groups is 4. The predicted octanol–water partition coefficient (Wildman–Crippen LogP) is 6.61. The summed E-state index contributed by atoms with van der Waals surface area (Å²) in [7, 11) is 0. The van der Waals surface area contributed by atoms with Gasteiger partial charge in [0.05, 0.1) is 11.7 Å². The molecule has 61 heavy (non-hydrogen) atoms. The van der Waals surface area contributed by atoms with E-state index < -0.39 is 23.8 Å². The third-order valence-electron chi connectivity index (χ3n) is 13.8. The number of nitrogens with zero attached hydrogens (tertiary/aromatic N) is 4. The number of hydrogen-bond acceptors (Lipinski definition) is 10. The number of amides is 2. The highest BCUT2D eigenvalue weighted by atomic mass is 19.1. The highest BCUT2D eigenvalue weighted by Gasteiger charge is 2.46. The predicted molar refractivity (Wildman–Crippen MR) is 231 cm³/mol. The third kappa shape index (κ3) is 7.94. The van der Waals surface area contributed by atoms with Gasteiger partial charge in [-0.1, -0.05) is 43.3 Å². The summed E-state index contributed by atoms with van der Waals surface area (Å²) in [5, 5.41) is 22.3. The number of carbonyl (C=O) groups excluding carboxylic acids is 4. The van der Waals surface area contributed by atoms with Crippen LogP contribution in [0, 0.1) is 11.7 Å². The van der Waals surface area contributed by atoms with Crippen molar-refractivity contribution < 1.29 is 33.8 Å². The van der Waals surface area contributed by atoms with E-state index in [1.807, 2.05) is 24.3 Å². The summed E-state index contributed by atoms with van der Waals surface area (Å²) in [4.78, 5) is 58.4. The number of piperazine rings is 1. The molecule has 9 rings (SSSR count). The molecule has 2 amide bonds. The molecule has 4 aromatic rings. The summed E-state index contributed by atoms with van der Waals surface area (Å²) < 4.78 is 16.0. The second-order valence-corrected chi connectivity index (χ2v) is 17.3. The molecular formula is C49H52FN5O6. The summed E-state index contributed by atoms with van der Waals surface area (Å²) in [6.45, 7) is 6.57. The molecule has 5 heterocycles. The first-order valence-corrected chi connectivity index (χ1v) is 21.7. The molecule has 12 heteroatoms. The molecule has 0 aliphatic carbocycles. The van der Waals surface area contributed by atoms with Gasteiger partial charge < -0.3 is 20.0 Å². The molecule has 4 atom stereocenters. The van der Waals surface area contributed by atoms with E-state index in [-0.39, 0.29) is 61.0 Å². The highest BCUT2D eigenvalue weighted by molar-refractivity contribution is 6.27. The first-order valence-electron chi connectivity index (χ1n) is 21.7. The fraction of sp³-hybridized carbons (Fsp3) is 0.388. The molecule has 4 aromatic carbocycles. The molecule has 3 N–H and O–H groups in total. The van der Waals surface area contributed by atoms with Crippen LogP contribution in [0.5, 0.6) is 11.5 Å². The van der Waals surface area contributed by atoms with Gasteiger partial charge in [0.1, 0.15) is 23.4 Å². The molecule has 316 valence electrons. The van der Waals surface area contributed by atoms with Crippen LogP contribution in [-0.4, -0.2) is 94.7 Å². The van der Waals surface area contributed by atoms with Gasteiger partial charge in [-0.15, -0.1) is 0 Å². The lowest BCUT2D eigenvalue weighted by Crippen LogP contribution is -2.55. The molecule has 4 unspecified atom stereocenters. The summed E-state index contributed by atoms with van der Waals surface area (Å²) in [5.74, 6) is -0.912. The number of imide groups is 1. The average Bonchev–Trinajstić information content (AvgIpc) is 3.73. The van der Waals surface area contributed by atoms with Gasteiger partial charge in [-0.3, -0.25) is 34.3 Å². The van der Waals surface area contributed by atoms with Crippen LogP contribution >= 0.6 is 0 Å². The van der Waals surface area contributed by atoms with E-state index in [1.54, 1.807) is 35.2 Å². The number of nitrogens with one attached hydrogen (secondary N) is 1. The quantitative estimate of drug-likeness (QED) is 0.0658. The average molecular weight is 826 g/mol. The molecule has 0 aromatic heterocycles. The number of Topliss-reactive ketones (excluding diaryl/α,β-unsaturated/α-hetero) is 1. The van der Waals surface area contributed by atoms with Crippen molar-refractivity contribution in [3.8, 4) is 11.5 Å². The number of aromatic hydroxyl groups is 2. The number of hydrogen-bond donors (Lipinski definition) is 3. The SMILES string of the molecule is CCC(=C(c1ccc(O)cc1)c1ccc(N2CCC(CN3C4CCC3CN(c3cc5c(cc3F)CN(C3CCC(=O)NC3=O)C5C(=O)C=O)C4)CC2)cc1)c1ccc(O)cc1. The molecule has 5 aliphatic heterocycles. The van der Waals surface area contributed by atoms with Crippen molar-refractivity contribution in [2.75, 3.05) is 42.5 Å². The first-order chi connectivity index (χ1) is 29.6. The zero-order valence-electron chi connectivity index (χ0n) is 34.4.